The van der Waals surface area contributed by atoms with E-state index >= 15 is 0 Å². The number of thiocarbonyl (C=S) groups is 1. The maximum atomic E-state index is 5.83. The molecular formula is C14H15N3S2. The minimum atomic E-state index is 0.401. The van der Waals surface area contributed by atoms with E-state index in [2.05, 4.69) is 11.4 Å². The van der Waals surface area contributed by atoms with E-state index in [-0.39, 0.29) is 0 Å². The molecule has 2 heterocycles. The Balaban J connectivity index is 2.03. The van der Waals surface area contributed by atoms with Gasteiger partial charge >= 0.3 is 0 Å². The van der Waals surface area contributed by atoms with Crippen LogP contribution in [-0.2, 0) is 12.8 Å². The fourth-order valence-corrected chi connectivity index (χ4v) is 3.13. The highest BCUT2D eigenvalue weighted by atomic mass is 32.1. The van der Waals surface area contributed by atoms with Crippen LogP contribution in [0.3, 0.4) is 0 Å². The van der Waals surface area contributed by atoms with Gasteiger partial charge in [0, 0.05) is 11.1 Å². The molecule has 0 radical (unpaired) electrons. The second kappa shape index (κ2) is 5.27. The number of nitrogens with one attached hydrogen (secondary N) is 1. The Labute approximate surface area is 121 Å². The lowest BCUT2D eigenvalue weighted by atomic mass is 9.94. The minimum absolute atomic E-state index is 0.401. The molecular weight excluding hydrogens is 274 g/mol. The lowest BCUT2D eigenvalue weighted by molar-refractivity contribution is 0.668. The van der Waals surface area contributed by atoms with Crippen molar-refractivity contribution in [3.05, 3.63) is 39.7 Å². The van der Waals surface area contributed by atoms with E-state index in [4.69, 9.17) is 22.9 Å². The van der Waals surface area contributed by atoms with Gasteiger partial charge in [-0.15, -0.1) is 0 Å². The van der Waals surface area contributed by atoms with Crippen molar-refractivity contribution in [3.63, 3.8) is 0 Å². The van der Waals surface area contributed by atoms with Gasteiger partial charge in [-0.3, -0.25) is 0 Å². The van der Waals surface area contributed by atoms with Crippen molar-refractivity contribution in [1.29, 1.82) is 0 Å². The average molecular weight is 289 g/mol. The number of aryl methyl sites for hydroxylation is 2. The molecule has 0 bridgehead atoms. The Kier molecular flexibility index (Phi) is 3.48. The van der Waals surface area contributed by atoms with Gasteiger partial charge in [-0.05, 0) is 48.8 Å². The van der Waals surface area contributed by atoms with Crippen molar-refractivity contribution in [1.82, 2.24) is 4.98 Å². The van der Waals surface area contributed by atoms with Gasteiger partial charge < -0.3 is 11.1 Å². The number of rotatable bonds is 3. The molecule has 0 spiro atoms. The van der Waals surface area contributed by atoms with E-state index in [0.717, 1.165) is 29.9 Å². The molecule has 0 saturated heterocycles. The second-order valence-electron chi connectivity index (χ2n) is 4.70. The monoisotopic (exact) mass is 289 g/mol. The standard InChI is InChI=1S/C14H15N3S2/c15-13(18)11-7-9-3-1-2-4-12(9)17-14(11)16-10-5-6-19-8-10/h5-8H,1-4H2,(H2,15,18)(H,16,17). The third-order valence-electron chi connectivity index (χ3n) is 3.35. The summed E-state index contributed by atoms with van der Waals surface area (Å²) in [6, 6.07) is 4.13. The number of nitrogens with zero attached hydrogens (tertiary/aromatic N) is 1. The van der Waals surface area contributed by atoms with Crippen LogP contribution in [0.25, 0.3) is 0 Å². The Morgan fingerprint density at radius 3 is 2.95 bits per heavy atom. The lowest BCUT2D eigenvalue weighted by Gasteiger charge is -2.18. The van der Waals surface area contributed by atoms with E-state index in [1.807, 2.05) is 16.8 Å². The van der Waals surface area contributed by atoms with Crippen LogP contribution < -0.4 is 11.1 Å². The minimum Gasteiger partial charge on any atom is -0.389 e. The first-order valence-corrected chi connectivity index (χ1v) is 7.71. The van der Waals surface area contributed by atoms with Crippen LogP contribution in [0.1, 0.15) is 29.7 Å². The molecule has 98 valence electrons. The van der Waals surface area contributed by atoms with E-state index in [1.165, 1.54) is 24.1 Å². The SMILES string of the molecule is NC(=S)c1cc2c(nc1Nc1ccsc1)CCCC2. The molecule has 0 unspecified atom stereocenters. The first-order chi connectivity index (χ1) is 9.24. The van der Waals surface area contributed by atoms with Gasteiger partial charge in [-0.1, -0.05) is 12.2 Å². The largest absolute Gasteiger partial charge is 0.389 e. The van der Waals surface area contributed by atoms with Gasteiger partial charge in [0.1, 0.15) is 10.8 Å². The van der Waals surface area contributed by atoms with Crippen molar-refractivity contribution < 1.29 is 0 Å². The Morgan fingerprint density at radius 2 is 2.21 bits per heavy atom. The first kappa shape index (κ1) is 12.6. The zero-order valence-corrected chi connectivity index (χ0v) is 12.1. The van der Waals surface area contributed by atoms with E-state index < -0.39 is 0 Å². The molecule has 0 amide bonds. The molecule has 0 aromatic carbocycles. The third kappa shape index (κ3) is 2.62. The van der Waals surface area contributed by atoms with Crippen LogP contribution in [0.2, 0.25) is 0 Å². The summed E-state index contributed by atoms with van der Waals surface area (Å²) in [5.74, 6) is 0.784. The average Bonchev–Trinajstić information content (AvgIpc) is 2.90. The van der Waals surface area contributed by atoms with Gasteiger partial charge in [0.2, 0.25) is 0 Å². The van der Waals surface area contributed by atoms with Crippen LogP contribution in [0.5, 0.6) is 0 Å². The Bertz CT molecular complexity index is 605. The van der Waals surface area contributed by atoms with Gasteiger partial charge in [0.25, 0.3) is 0 Å². The van der Waals surface area contributed by atoms with Gasteiger partial charge in [-0.25, -0.2) is 4.98 Å². The highest BCUT2D eigenvalue weighted by Crippen LogP contribution is 2.27. The Hall–Kier alpha value is -1.46. The van der Waals surface area contributed by atoms with Crippen LogP contribution in [0.15, 0.2) is 22.9 Å². The summed E-state index contributed by atoms with van der Waals surface area (Å²) in [4.78, 5) is 5.14. The fraction of sp³-hybridized carbons (Fsp3) is 0.286. The highest BCUT2D eigenvalue weighted by molar-refractivity contribution is 7.80. The predicted octanol–water partition coefficient (Wildman–Crippen LogP) is 3.40. The zero-order valence-electron chi connectivity index (χ0n) is 10.5. The van der Waals surface area contributed by atoms with Crippen LogP contribution >= 0.6 is 23.6 Å². The topological polar surface area (TPSA) is 50.9 Å². The molecule has 0 atom stereocenters. The number of fused-ring (bicyclic) bond motifs is 1. The third-order valence-corrected chi connectivity index (χ3v) is 4.25. The molecule has 1 aliphatic carbocycles. The van der Waals surface area contributed by atoms with E-state index in [0.29, 0.717) is 4.99 Å². The number of pyridine rings is 1. The number of hydrogen-bond donors (Lipinski definition) is 2. The number of nitrogens with two attached hydrogens (primary N) is 1. The van der Waals surface area contributed by atoms with Crippen LogP contribution in [0, 0.1) is 0 Å². The molecule has 2 aromatic heterocycles. The molecule has 3 N–H and O–H groups in total. The van der Waals surface area contributed by atoms with Crippen LogP contribution in [0.4, 0.5) is 11.5 Å². The molecule has 1 aliphatic rings. The summed E-state index contributed by atoms with van der Waals surface area (Å²) >= 11 is 6.80. The highest BCUT2D eigenvalue weighted by Gasteiger charge is 2.16. The summed E-state index contributed by atoms with van der Waals surface area (Å²) in [6.07, 6.45) is 4.56. The van der Waals surface area contributed by atoms with Crippen LogP contribution in [-0.4, -0.2) is 9.97 Å². The molecule has 2 aromatic rings. The van der Waals surface area contributed by atoms with Crippen molar-refractivity contribution in [2.75, 3.05) is 5.32 Å². The van der Waals surface area contributed by atoms with Crippen molar-refractivity contribution in [2.45, 2.75) is 25.7 Å². The molecule has 3 rings (SSSR count). The zero-order chi connectivity index (χ0) is 13.2. The van der Waals surface area contributed by atoms with E-state index in [1.54, 1.807) is 11.3 Å². The summed E-state index contributed by atoms with van der Waals surface area (Å²) in [5.41, 5.74) is 10.2. The van der Waals surface area contributed by atoms with Gasteiger partial charge in [0.05, 0.1) is 11.3 Å². The number of thiophene rings is 1. The van der Waals surface area contributed by atoms with Crippen molar-refractivity contribution in [2.24, 2.45) is 5.73 Å². The molecule has 19 heavy (non-hydrogen) atoms. The molecule has 0 aliphatic heterocycles. The summed E-state index contributed by atoms with van der Waals surface area (Å²) in [7, 11) is 0. The summed E-state index contributed by atoms with van der Waals surface area (Å²) < 4.78 is 0. The summed E-state index contributed by atoms with van der Waals surface area (Å²) in [5, 5.41) is 7.39. The molecule has 0 fully saturated rings. The molecule has 0 saturated carbocycles. The van der Waals surface area contributed by atoms with Crippen molar-refractivity contribution in [3.8, 4) is 0 Å². The van der Waals surface area contributed by atoms with Crippen molar-refractivity contribution >= 4 is 40.0 Å². The Morgan fingerprint density at radius 1 is 1.37 bits per heavy atom. The second-order valence-corrected chi connectivity index (χ2v) is 5.92. The molecule has 3 nitrogen and oxygen atoms in total. The lowest BCUT2D eigenvalue weighted by Crippen LogP contribution is -2.16. The maximum absolute atomic E-state index is 5.83. The van der Waals surface area contributed by atoms with Gasteiger partial charge in [-0.2, -0.15) is 11.3 Å². The quantitative estimate of drug-likeness (QED) is 0.850. The maximum Gasteiger partial charge on any atom is 0.140 e. The number of anilines is 2. The smallest absolute Gasteiger partial charge is 0.140 e. The fourth-order valence-electron chi connectivity index (χ4n) is 2.39. The summed E-state index contributed by atoms with van der Waals surface area (Å²) in [6.45, 7) is 0. The first-order valence-electron chi connectivity index (χ1n) is 6.36. The van der Waals surface area contributed by atoms with E-state index in [9.17, 15) is 0 Å². The molecule has 5 heteroatoms. The number of hydrogen-bond acceptors (Lipinski definition) is 4. The predicted molar refractivity (Wildman–Crippen MR) is 84.4 cm³/mol. The number of aromatic nitrogens is 1. The van der Waals surface area contributed by atoms with Gasteiger partial charge in [0.15, 0.2) is 0 Å². The normalized spacial score (nSPS) is 13.9.